The number of hydrogen-bond donors (Lipinski definition) is 1. The lowest BCUT2D eigenvalue weighted by Crippen LogP contribution is -2.41. The van der Waals surface area contributed by atoms with Gasteiger partial charge in [0, 0.05) is 36.3 Å². The van der Waals surface area contributed by atoms with Crippen LogP contribution in [0.4, 0.5) is 0 Å². The number of amides is 1. The van der Waals surface area contributed by atoms with Crippen molar-refractivity contribution in [1.82, 2.24) is 20.0 Å². The van der Waals surface area contributed by atoms with E-state index in [2.05, 4.69) is 15.1 Å². The molecule has 26 heavy (non-hydrogen) atoms. The van der Waals surface area contributed by atoms with Crippen LogP contribution < -0.4 is 5.56 Å². The third-order valence-corrected chi connectivity index (χ3v) is 5.49. The highest BCUT2D eigenvalue weighted by atomic mass is 16.2. The fraction of sp³-hybridized carbons (Fsp3) is 0.450. The number of aromatic nitrogens is 2. The van der Waals surface area contributed by atoms with Crippen LogP contribution in [0, 0.1) is 0 Å². The van der Waals surface area contributed by atoms with Crippen molar-refractivity contribution in [2.45, 2.75) is 31.7 Å². The van der Waals surface area contributed by atoms with Gasteiger partial charge in [-0.2, -0.15) is 5.10 Å². The Morgan fingerprint density at radius 1 is 1.04 bits per heavy atom. The number of likely N-dealkylation sites (tertiary alicyclic amines) is 2. The van der Waals surface area contributed by atoms with E-state index in [4.69, 9.17) is 0 Å². The molecule has 1 aromatic heterocycles. The van der Waals surface area contributed by atoms with Crippen LogP contribution in [0.25, 0.3) is 11.1 Å². The summed E-state index contributed by atoms with van der Waals surface area (Å²) in [6.07, 6.45) is 6.58. The van der Waals surface area contributed by atoms with Gasteiger partial charge in [-0.1, -0.05) is 18.6 Å². The average molecular weight is 352 g/mol. The molecule has 0 saturated carbocycles. The van der Waals surface area contributed by atoms with E-state index in [0.717, 1.165) is 30.6 Å². The molecule has 136 valence electrons. The van der Waals surface area contributed by atoms with E-state index < -0.39 is 0 Å². The van der Waals surface area contributed by atoms with Crippen LogP contribution in [0.5, 0.6) is 0 Å². The zero-order valence-corrected chi connectivity index (χ0v) is 14.9. The molecule has 2 aromatic rings. The van der Waals surface area contributed by atoms with Gasteiger partial charge in [-0.15, -0.1) is 0 Å². The Labute approximate surface area is 152 Å². The first kappa shape index (κ1) is 17.0. The second kappa shape index (κ2) is 7.41. The van der Waals surface area contributed by atoms with Gasteiger partial charge in [0.15, 0.2) is 0 Å². The van der Waals surface area contributed by atoms with E-state index in [9.17, 15) is 9.59 Å². The number of H-pyrrole nitrogens is 1. The smallest absolute Gasteiger partial charge is 0.264 e. The van der Waals surface area contributed by atoms with Gasteiger partial charge < -0.3 is 4.90 Å². The van der Waals surface area contributed by atoms with Crippen molar-refractivity contribution >= 4 is 5.91 Å². The van der Waals surface area contributed by atoms with Gasteiger partial charge >= 0.3 is 0 Å². The van der Waals surface area contributed by atoms with Crippen LogP contribution in [-0.2, 0) is 0 Å². The summed E-state index contributed by atoms with van der Waals surface area (Å²) in [6, 6.07) is 9.46. The van der Waals surface area contributed by atoms with Crippen molar-refractivity contribution in [1.29, 1.82) is 0 Å². The van der Waals surface area contributed by atoms with Gasteiger partial charge in [-0.05, 0) is 50.0 Å². The Balaban J connectivity index is 1.43. The van der Waals surface area contributed by atoms with Gasteiger partial charge in [0.1, 0.15) is 0 Å². The Morgan fingerprint density at radius 3 is 2.54 bits per heavy atom. The number of piperidine rings is 1. The maximum Gasteiger partial charge on any atom is 0.264 e. The Hall–Kier alpha value is -2.47. The molecule has 0 radical (unpaired) electrons. The number of hydrogen-bond acceptors (Lipinski definition) is 4. The molecule has 4 rings (SSSR count). The SMILES string of the molecule is O=C(c1ccc(-c2cn[nH]c(=O)c2)cc1)N1CCC(N2CCCCC2)C1. The number of carbonyl (C=O) groups is 1. The highest BCUT2D eigenvalue weighted by Crippen LogP contribution is 2.23. The largest absolute Gasteiger partial charge is 0.337 e. The number of benzene rings is 1. The first-order valence-corrected chi connectivity index (χ1v) is 9.39. The third kappa shape index (κ3) is 3.55. The van der Waals surface area contributed by atoms with Gasteiger partial charge in [-0.3, -0.25) is 14.5 Å². The molecule has 0 bridgehead atoms. The Morgan fingerprint density at radius 2 is 1.81 bits per heavy atom. The van der Waals surface area contributed by atoms with Gasteiger partial charge in [0.05, 0.1) is 6.20 Å². The van der Waals surface area contributed by atoms with Crippen molar-refractivity contribution in [3.63, 3.8) is 0 Å². The van der Waals surface area contributed by atoms with Crippen LogP contribution in [0.15, 0.2) is 41.3 Å². The fourth-order valence-corrected chi connectivity index (χ4v) is 4.03. The Kier molecular flexibility index (Phi) is 4.84. The summed E-state index contributed by atoms with van der Waals surface area (Å²) in [5.41, 5.74) is 2.10. The van der Waals surface area contributed by atoms with E-state index in [1.807, 2.05) is 29.2 Å². The quantitative estimate of drug-likeness (QED) is 0.919. The van der Waals surface area contributed by atoms with Crippen LogP contribution in [-0.4, -0.2) is 58.1 Å². The minimum atomic E-state index is -0.233. The highest BCUT2D eigenvalue weighted by molar-refractivity contribution is 5.95. The number of nitrogens with zero attached hydrogens (tertiary/aromatic N) is 3. The highest BCUT2D eigenvalue weighted by Gasteiger charge is 2.31. The van der Waals surface area contributed by atoms with Crippen LogP contribution in [0.2, 0.25) is 0 Å². The van der Waals surface area contributed by atoms with E-state index >= 15 is 0 Å². The minimum Gasteiger partial charge on any atom is -0.337 e. The van der Waals surface area contributed by atoms with Crippen molar-refractivity contribution in [3.05, 3.63) is 52.4 Å². The molecular weight excluding hydrogens is 328 g/mol. The Bertz CT molecular complexity index is 824. The van der Waals surface area contributed by atoms with E-state index in [1.165, 1.54) is 38.4 Å². The molecule has 1 atom stereocenters. The molecule has 6 nitrogen and oxygen atoms in total. The first-order chi connectivity index (χ1) is 12.7. The monoisotopic (exact) mass is 352 g/mol. The molecule has 3 heterocycles. The molecule has 2 fully saturated rings. The number of nitrogens with one attached hydrogen (secondary N) is 1. The molecule has 0 aliphatic carbocycles. The average Bonchev–Trinajstić information content (AvgIpc) is 3.18. The molecule has 1 N–H and O–H groups in total. The number of carbonyl (C=O) groups excluding carboxylic acids is 1. The van der Waals surface area contributed by atoms with Crippen molar-refractivity contribution in [2.24, 2.45) is 0 Å². The topological polar surface area (TPSA) is 69.3 Å². The third-order valence-electron chi connectivity index (χ3n) is 5.49. The molecule has 6 heteroatoms. The van der Waals surface area contributed by atoms with Gasteiger partial charge in [0.2, 0.25) is 0 Å². The predicted octanol–water partition coefficient (Wildman–Crippen LogP) is 2.14. The molecule has 1 unspecified atom stereocenters. The lowest BCUT2D eigenvalue weighted by atomic mass is 10.1. The zero-order chi connectivity index (χ0) is 17.9. The molecular formula is C20H24N4O2. The van der Waals surface area contributed by atoms with Crippen LogP contribution >= 0.6 is 0 Å². The molecule has 0 spiro atoms. The summed E-state index contributed by atoms with van der Waals surface area (Å²) < 4.78 is 0. The number of rotatable bonds is 3. The predicted molar refractivity (Wildman–Crippen MR) is 100 cm³/mol. The summed E-state index contributed by atoms with van der Waals surface area (Å²) in [5, 5.41) is 6.19. The van der Waals surface area contributed by atoms with Gasteiger partial charge in [-0.25, -0.2) is 5.10 Å². The molecule has 2 aliphatic rings. The number of aromatic amines is 1. The van der Waals surface area contributed by atoms with Crippen LogP contribution in [0.3, 0.4) is 0 Å². The molecule has 1 amide bonds. The summed E-state index contributed by atoms with van der Waals surface area (Å²) in [4.78, 5) is 28.7. The summed E-state index contributed by atoms with van der Waals surface area (Å²) in [5.74, 6) is 0.0973. The van der Waals surface area contributed by atoms with Crippen molar-refractivity contribution < 1.29 is 4.79 Å². The maximum absolute atomic E-state index is 12.8. The maximum atomic E-state index is 12.8. The zero-order valence-electron chi connectivity index (χ0n) is 14.9. The lowest BCUT2D eigenvalue weighted by molar-refractivity contribution is 0.0771. The minimum absolute atomic E-state index is 0.0973. The first-order valence-electron chi connectivity index (χ1n) is 9.39. The van der Waals surface area contributed by atoms with Gasteiger partial charge in [0.25, 0.3) is 11.5 Å². The van der Waals surface area contributed by atoms with E-state index in [1.54, 1.807) is 6.20 Å². The van der Waals surface area contributed by atoms with E-state index in [0.29, 0.717) is 11.6 Å². The standard InChI is InChI=1S/C20H24N4O2/c25-19-12-17(13-21-22-19)15-4-6-16(7-5-15)20(26)24-11-8-18(14-24)23-9-2-1-3-10-23/h4-7,12-13,18H,1-3,8-11,14H2,(H,22,25). The lowest BCUT2D eigenvalue weighted by Gasteiger charge is -2.32. The second-order valence-corrected chi connectivity index (χ2v) is 7.20. The van der Waals surface area contributed by atoms with Crippen molar-refractivity contribution in [3.8, 4) is 11.1 Å². The fourth-order valence-electron chi connectivity index (χ4n) is 4.03. The van der Waals surface area contributed by atoms with E-state index in [-0.39, 0.29) is 11.5 Å². The summed E-state index contributed by atoms with van der Waals surface area (Å²) >= 11 is 0. The summed E-state index contributed by atoms with van der Waals surface area (Å²) in [6.45, 7) is 4.01. The normalized spacial score (nSPS) is 21.1. The van der Waals surface area contributed by atoms with Crippen molar-refractivity contribution in [2.75, 3.05) is 26.2 Å². The summed E-state index contributed by atoms with van der Waals surface area (Å²) in [7, 11) is 0. The second-order valence-electron chi connectivity index (χ2n) is 7.20. The molecule has 2 aliphatic heterocycles. The van der Waals surface area contributed by atoms with Crippen LogP contribution in [0.1, 0.15) is 36.0 Å². The molecule has 1 aromatic carbocycles. The molecule has 2 saturated heterocycles.